The highest BCUT2D eigenvalue weighted by Crippen LogP contribution is 2.18. The van der Waals surface area contributed by atoms with Crippen LogP contribution in [0, 0.1) is 17.0 Å². The number of non-ortho nitro benzene ring substituents is 1. The molecule has 0 aliphatic heterocycles. The fraction of sp³-hybridized carbons (Fsp3) is 0.200. The van der Waals surface area contributed by atoms with E-state index in [0.29, 0.717) is 22.7 Å². The van der Waals surface area contributed by atoms with Crippen molar-refractivity contribution in [2.24, 2.45) is 0 Å². The van der Waals surface area contributed by atoms with Crippen molar-refractivity contribution >= 4 is 17.5 Å². The smallest absolute Gasteiger partial charge is 0.273 e. The summed E-state index contributed by atoms with van der Waals surface area (Å²) in [5.41, 5.74) is 1.33. The lowest BCUT2D eigenvalue weighted by atomic mass is 10.2. The lowest BCUT2D eigenvalue weighted by Crippen LogP contribution is -2.35. The quantitative estimate of drug-likeness (QED) is 0.318. The Bertz CT molecular complexity index is 1110. The van der Waals surface area contributed by atoms with Crippen LogP contribution < -0.4 is 15.4 Å². The first kappa shape index (κ1) is 21.4. The minimum absolute atomic E-state index is 0.0907. The number of nitrogens with zero attached hydrogens (tertiary/aromatic N) is 4. The lowest BCUT2D eigenvalue weighted by molar-refractivity contribution is -0.384. The van der Waals surface area contributed by atoms with Crippen molar-refractivity contribution in [2.75, 3.05) is 20.2 Å². The molecule has 3 rings (SSSR count). The Hall–Kier alpha value is -4.28. The molecular formula is C20H20N6O5. The SMILES string of the molecule is COc1ccc(C(=O)NCCNC(=O)c2nnn(-c3cccc([N+](=O)[O-])c3)c2C)cc1. The van der Waals surface area contributed by atoms with Gasteiger partial charge >= 0.3 is 0 Å². The topological polar surface area (TPSA) is 141 Å². The molecule has 0 atom stereocenters. The molecule has 11 heteroatoms. The molecule has 0 bridgehead atoms. The molecule has 0 aliphatic rings. The maximum atomic E-state index is 12.4. The molecule has 160 valence electrons. The monoisotopic (exact) mass is 424 g/mol. The van der Waals surface area contributed by atoms with Crippen LogP contribution in [0.3, 0.4) is 0 Å². The number of benzene rings is 2. The van der Waals surface area contributed by atoms with E-state index in [1.54, 1.807) is 44.4 Å². The first-order valence-electron chi connectivity index (χ1n) is 9.28. The summed E-state index contributed by atoms with van der Waals surface area (Å²) in [5.74, 6) is -0.0880. The second kappa shape index (κ2) is 9.48. The van der Waals surface area contributed by atoms with E-state index < -0.39 is 10.8 Å². The summed E-state index contributed by atoms with van der Waals surface area (Å²) in [5, 5.41) is 24.1. The predicted molar refractivity (Wildman–Crippen MR) is 110 cm³/mol. The van der Waals surface area contributed by atoms with Crippen LogP contribution in [0.5, 0.6) is 5.75 Å². The van der Waals surface area contributed by atoms with Gasteiger partial charge in [0.2, 0.25) is 0 Å². The van der Waals surface area contributed by atoms with Crippen molar-refractivity contribution < 1.29 is 19.2 Å². The highest BCUT2D eigenvalue weighted by molar-refractivity contribution is 5.95. The number of hydrogen-bond donors (Lipinski definition) is 2. The molecule has 0 unspecified atom stereocenters. The number of aromatic nitrogens is 3. The number of nitrogens with one attached hydrogen (secondary N) is 2. The van der Waals surface area contributed by atoms with Gasteiger partial charge in [0, 0.05) is 30.8 Å². The number of nitro groups is 1. The van der Waals surface area contributed by atoms with Crippen LogP contribution in [0.25, 0.3) is 5.69 Å². The van der Waals surface area contributed by atoms with Crippen LogP contribution in [-0.2, 0) is 0 Å². The highest BCUT2D eigenvalue weighted by atomic mass is 16.6. The van der Waals surface area contributed by atoms with Crippen molar-refractivity contribution in [3.8, 4) is 11.4 Å². The third-order valence-electron chi connectivity index (χ3n) is 4.44. The second-order valence-electron chi connectivity index (χ2n) is 6.45. The van der Waals surface area contributed by atoms with Crippen molar-refractivity contribution in [1.29, 1.82) is 0 Å². The molecule has 1 heterocycles. The van der Waals surface area contributed by atoms with Gasteiger partial charge in [-0.2, -0.15) is 0 Å². The van der Waals surface area contributed by atoms with E-state index in [1.807, 2.05) is 0 Å². The fourth-order valence-corrected chi connectivity index (χ4v) is 2.80. The molecule has 2 N–H and O–H groups in total. The van der Waals surface area contributed by atoms with Crippen molar-refractivity contribution in [1.82, 2.24) is 25.6 Å². The summed E-state index contributed by atoms with van der Waals surface area (Å²) < 4.78 is 6.40. The molecule has 1 aromatic heterocycles. The third kappa shape index (κ3) is 5.01. The summed E-state index contributed by atoms with van der Waals surface area (Å²) in [6, 6.07) is 12.5. The third-order valence-corrected chi connectivity index (χ3v) is 4.44. The molecular weight excluding hydrogens is 404 g/mol. The maximum Gasteiger partial charge on any atom is 0.273 e. The van der Waals surface area contributed by atoms with Crippen LogP contribution in [0.1, 0.15) is 26.5 Å². The van der Waals surface area contributed by atoms with E-state index in [4.69, 9.17) is 4.74 Å². The molecule has 2 aromatic carbocycles. The van der Waals surface area contributed by atoms with E-state index in [9.17, 15) is 19.7 Å². The molecule has 0 saturated carbocycles. The molecule has 0 spiro atoms. The predicted octanol–water partition coefficient (Wildman–Crippen LogP) is 1.65. The first-order chi connectivity index (χ1) is 14.9. The Kier molecular flexibility index (Phi) is 6.55. The van der Waals surface area contributed by atoms with Crippen molar-refractivity contribution in [3.63, 3.8) is 0 Å². The maximum absolute atomic E-state index is 12.4. The second-order valence-corrected chi connectivity index (χ2v) is 6.45. The summed E-state index contributed by atoms with van der Waals surface area (Å²) in [6.45, 7) is 2.04. The molecule has 0 saturated heterocycles. The van der Waals surface area contributed by atoms with Gasteiger partial charge in [0.25, 0.3) is 17.5 Å². The van der Waals surface area contributed by atoms with E-state index in [1.165, 1.54) is 22.9 Å². The van der Waals surface area contributed by atoms with Gasteiger partial charge in [0.1, 0.15) is 5.75 Å². The average Bonchev–Trinajstić information content (AvgIpc) is 3.18. The number of rotatable bonds is 8. The van der Waals surface area contributed by atoms with E-state index >= 15 is 0 Å². The zero-order chi connectivity index (χ0) is 22.4. The standard InChI is InChI=1S/C20H20N6O5/c1-13-18(23-24-25(13)15-4-3-5-16(12-15)26(29)30)20(28)22-11-10-21-19(27)14-6-8-17(31-2)9-7-14/h3-9,12H,10-11H2,1-2H3,(H,21,27)(H,22,28). The largest absolute Gasteiger partial charge is 0.497 e. The van der Waals surface area contributed by atoms with Gasteiger partial charge in [0.15, 0.2) is 5.69 Å². The number of ether oxygens (including phenoxy) is 1. The molecule has 31 heavy (non-hydrogen) atoms. The Balaban J connectivity index is 1.56. The Morgan fingerprint density at radius 1 is 1.10 bits per heavy atom. The number of nitro benzene ring substituents is 1. The van der Waals surface area contributed by atoms with Gasteiger partial charge in [-0.3, -0.25) is 19.7 Å². The van der Waals surface area contributed by atoms with Crippen LogP contribution in [0.15, 0.2) is 48.5 Å². The van der Waals surface area contributed by atoms with Gasteiger partial charge in [0.05, 0.1) is 23.4 Å². The average molecular weight is 424 g/mol. The van der Waals surface area contributed by atoms with Crippen LogP contribution in [0.2, 0.25) is 0 Å². The van der Waals surface area contributed by atoms with Gasteiger partial charge in [-0.05, 0) is 37.3 Å². The van der Waals surface area contributed by atoms with Crippen LogP contribution >= 0.6 is 0 Å². The highest BCUT2D eigenvalue weighted by Gasteiger charge is 2.18. The number of amides is 2. The zero-order valence-corrected chi connectivity index (χ0v) is 16.9. The molecule has 0 aliphatic carbocycles. The summed E-state index contributed by atoms with van der Waals surface area (Å²) in [7, 11) is 1.54. The Morgan fingerprint density at radius 3 is 2.42 bits per heavy atom. The summed E-state index contributed by atoms with van der Waals surface area (Å²) in [4.78, 5) is 35.0. The number of hydrogen-bond acceptors (Lipinski definition) is 7. The molecule has 0 fully saturated rings. The normalized spacial score (nSPS) is 10.4. The molecule has 11 nitrogen and oxygen atoms in total. The van der Waals surface area contributed by atoms with Gasteiger partial charge in [-0.25, -0.2) is 4.68 Å². The van der Waals surface area contributed by atoms with Gasteiger partial charge < -0.3 is 15.4 Å². The summed E-state index contributed by atoms with van der Waals surface area (Å²) in [6.07, 6.45) is 0. The summed E-state index contributed by atoms with van der Waals surface area (Å²) >= 11 is 0. The molecule has 2 amide bonds. The van der Waals surface area contributed by atoms with Crippen molar-refractivity contribution in [2.45, 2.75) is 6.92 Å². The minimum Gasteiger partial charge on any atom is -0.497 e. The van der Waals surface area contributed by atoms with Crippen molar-refractivity contribution in [3.05, 3.63) is 75.6 Å². The molecule has 0 radical (unpaired) electrons. The van der Waals surface area contributed by atoms with E-state index in [0.717, 1.165) is 0 Å². The van der Waals surface area contributed by atoms with E-state index in [2.05, 4.69) is 20.9 Å². The van der Waals surface area contributed by atoms with Gasteiger partial charge in [-0.1, -0.05) is 11.3 Å². The van der Waals surface area contributed by atoms with E-state index in [-0.39, 0.29) is 30.4 Å². The van der Waals surface area contributed by atoms with Crippen LogP contribution in [0.4, 0.5) is 5.69 Å². The minimum atomic E-state index is -0.510. The number of carbonyl (C=O) groups is 2. The Labute approximate surface area is 177 Å². The lowest BCUT2D eigenvalue weighted by Gasteiger charge is -2.07. The number of methoxy groups -OCH3 is 1. The van der Waals surface area contributed by atoms with Crippen LogP contribution in [-0.4, -0.2) is 51.9 Å². The number of carbonyl (C=O) groups excluding carboxylic acids is 2. The zero-order valence-electron chi connectivity index (χ0n) is 16.9. The van der Waals surface area contributed by atoms with Gasteiger partial charge in [-0.15, -0.1) is 5.10 Å². The molecule has 3 aromatic rings. The first-order valence-corrected chi connectivity index (χ1v) is 9.28. The fourth-order valence-electron chi connectivity index (χ4n) is 2.80. The Morgan fingerprint density at radius 2 is 1.77 bits per heavy atom.